The van der Waals surface area contributed by atoms with E-state index in [0.29, 0.717) is 73.6 Å². The Kier molecular flexibility index (Phi) is 11.6. The van der Waals surface area contributed by atoms with Gasteiger partial charge in [-0.15, -0.1) is 11.8 Å². The first-order valence-electron chi connectivity index (χ1n) is 18.9. The number of amides is 1. The summed E-state index contributed by atoms with van der Waals surface area (Å²) in [5, 5.41) is 26.0. The summed E-state index contributed by atoms with van der Waals surface area (Å²) in [5.41, 5.74) is 2.23. The minimum Gasteiger partial charge on any atom is -0.391 e. The SMILES string of the molecule is CN(C)c1ccc2c(n1)n(C1CCN(CC(O)Cn3nc(-c4ccc(C(F)(F)F)c(SCC(=O)N5CC[C@@H](O)C5)c4)c4c3CCN(S(C)(=O)=O)C4)CC1)c(=O)n2C. The Bertz CT molecular complexity index is 2320. The summed E-state index contributed by atoms with van der Waals surface area (Å²) in [6, 6.07) is 7.30. The molecule has 20 heteroatoms. The average molecular weight is 836 g/mol. The molecular weight excluding hydrogens is 788 g/mol. The smallest absolute Gasteiger partial charge is 0.391 e. The van der Waals surface area contributed by atoms with Crippen LogP contribution in [0, 0.1) is 0 Å². The highest BCUT2D eigenvalue weighted by molar-refractivity contribution is 8.00. The Labute approximate surface area is 332 Å². The second-order valence-electron chi connectivity index (χ2n) is 15.4. The van der Waals surface area contributed by atoms with E-state index in [0.717, 1.165) is 35.4 Å². The first kappa shape index (κ1) is 41.2. The molecule has 0 spiro atoms. The first-order chi connectivity index (χ1) is 26.9. The molecule has 0 radical (unpaired) electrons. The molecule has 3 aromatic heterocycles. The van der Waals surface area contributed by atoms with Crippen molar-refractivity contribution in [2.75, 3.05) is 70.3 Å². The Morgan fingerprint density at radius 3 is 2.46 bits per heavy atom. The van der Waals surface area contributed by atoms with Crippen LogP contribution in [0.3, 0.4) is 0 Å². The number of aryl methyl sites for hydroxylation is 1. The number of alkyl halides is 3. The van der Waals surface area contributed by atoms with Crippen molar-refractivity contribution < 1.29 is 36.6 Å². The van der Waals surface area contributed by atoms with Gasteiger partial charge in [0.05, 0.1) is 47.5 Å². The van der Waals surface area contributed by atoms with E-state index in [2.05, 4.69) is 4.90 Å². The molecule has 0 bridgehead atoms. The first-order valence-corrected chi connectivity index (χ1v) is 21.7. The number of hydrogen-bond donors (Lipinski definition) is 2. The number of β-amino-alcohol motifs (C(OH)–C–C–N with tert-alkyl or cyclic N) is 2. The minimum absolute atomic E-state index is 0.0369. The number of rotatable bonds is 11. The molecule has 15 nitrogen and oxygen atoms in total. The molecule has 4 aromatic rings. The predicted molar refractivity (Wildman–Crippen MR) is 210 cm³/mol. The zero-order chi connectivity index (χ0) is 41.0. The van der Waals surface area contributed by atoms with Gasteiger partial charge in [-0.2, -0.15) is 22.6 Å². The fourth-order valence-electron chi connectivity index (χ4n) is 8.07. The number of carbonyl (C=O) groups is 1. The number of aromatic nitrogens is 5. The van der Waals surface area contributed by atoms with E-state index in [1.165, 1.54) is 21.3 Å². The molecule has 1 amide bonds. The molecular formula is C37H48F3N9O6S2. The second-order valence-corrected chi connectivity index (χ2v) is 18.4. The normalized spacial score (nSPS) is 19.4. The van der Waals surface area contributed by atoms with Gasteiger partial charge in [0.1, 0.15) is 5.82 Å². The van der Waals surface area contributed by atoms with Gasteiger partial charge in [0.2, 0.25) is 15.9 Å². The molecule has 7 rings (SSSR count). The van der Waals surface area contributed by atoms with Crippen LogP contribution in [0.25, 0.3) is 22.4 Å². The van der Waals surface area contributed by atoms with Gasteiger partial charge in [-0.1, -0.05) is 6.07 Å². The van der Waals surface area contributed by atoms with Crippen molar-refractivity contribution in [3.63, 3.8) is 0 Å². The van der Waals surface area contributed by atoms with E-state index in [1.54, 1.807) is 20.9 Å². The number of likely N-dealkylation sites (tertiary alicyclic amines) is 2. The topological polar surface area (TPSA) is 162 Å². The van der Waals surface area contributed by atoms with Gasteiger partial charge in [0.15, 0.2) is 5.65 Å². The quantitative estimate of drug-likeness (QED) is 0.214. The molecule has 2 saturated heterocycles. The summed E-state index contributed by atoms with van der Waals surface area (Å²) < 4.78 is 74.2. The Hall–Kier alpha value is -3.95. The van der Waals surface area contributed by atoms with Crippen LogP contribution in [0.4, 0.5) is 19.0 Å². The van der Waals surface area contributed by atoms with Crippen molar-refractivity contribution >= 4 is 44.7 Å². The standard InChI is InChI=1S/C37H48F3N9O6S2/c1-43(2)32-8-7-30-35(41-32)49(36(53)44(30)3)24-9-13-45(14-10-24)18-26(51)20-48-29-12-16-47(57(4,54)55)21-27(29)34(42-48)23-5-6-28(37(38,39)40)31(17-23)56-22-33(52)46-15-11-25(50)19-46/h5-8,17,24-26,50-51H,9-16,18-22H2,1-4H3/t25-,26?/m1/s1. The number of fused-ring (bicyclic) bond motifs is 2. The number of carbonyl (C=O) groups excluding carboxylic acids is 1. The van der Waals surface area contributed by atoms with E-state index in [9.17, 15) is 41.4 Å². The van der Waals surface area contributed by atoms with E-state index >= 15 is 0 Å². The van der Waals surface area contributed by atoms with Crippen molar-refractivity contribution in [2.24, 2.45) is 7.05 Å². The highest BCUT2D eigenvalue weighted by Gasteiger charge is 2.36. The van der Waals surface area contributed by atoms with Gasteiger partial charge in [-0.25, -0.2) is 18.2 Å². The van der Waals surface area contributed by atoms with Crippen LogP contribution < -0.4 is 10.6 Å². The van der Waals surface area contributed by atoms with Crippen molar-refractivity contribution in [1.82, 2.24) is 38.0 Å². The number of anilines is 1. The van der Waals surface area contributed by atoms with Crippen LogP contribution in [0.15, 0.2) is 40.0 Å². The number of aliphatic hydroxyl groups is 2. The lowest BCUT2D eigenvalue weighted by Gasteiger charge is -2.33. The number of pyridine rings is 1. The van der Waals surface area contributed by atoms with Crippen LogP contribution in [-0.4, -0.2) is 140 Å². The second kappa shape index (κ2) is 16.0. The number of benzene rings is 1. The number of nitrogens with zero attached hydrogens (tertiary/aromatic N) is 9. The highest BCUT2D eigenvalue weighted by atomic mass is 32.2. The van der Waals surface area contributed by atoms with Gasteiger partial charge in [0.25, 0.3) is 0 Å². The lowest BCUT2D eigenvalue weighted by Crippen LogP contribution is -2.42. The summed E-state index contributed by atoms with van der Waals surface area (Å²) in [6.07, 6.45) is -3.10. The third-order valence-corrected chi connectivity index (χ3v) is 13.4. The lowest BCUT2D eigenvalue weighted by atomic mass is 10.0. The molecule has 6 heterocycles. The summed E-state index contributed by atoms with van der Waals surface area (Å²) in [5.74, 6) is 0.112. The number of halogens is 3. The van der Waals surface area contributed by atoms with Gasteiger partial charge < -0.3 is 24.9 Å². The number of hydrogen-bond acceptors (Lipinski definition) is 11. The molecule has 2 N–H and O–H groups in total. The highest BCUT2D eigenvalue weighted by Crippen LogP contribution is 2.40. The van der Waals surface area contributed by atoms with Crippen LogP contribution in [0.5, 0.6) is 0 Å². The molecule has 0 saturated carbocycles. The monoisotopic (exact) mass is 835 g/mol. The number of aliphatic hydroxyl groups excluding tert-OH is 2. The lowest BCUT2D eigenvalue weighted by molar-refractivity contribution is -0.139. The maximum Gasteiger partial charge on any atom is 0.417 e. The summed E-state index contributed by atoms with van der Waals surface area (Å²) in [4.78, 5) is 36.2. The van der Waals surface area contributed by atoms with Crippen LogP contribution in [0.2, 0.25) is 0 Å². The Balaban J connectivity index is 1.10. The Morgan fingerprint density at radius 2 is 1.81 bits per heavy atom. The average Bonchev–Trinajstić information content (AvgIpc) is 3.83. The summed E-state index contributed by atoms with van der Waals surface area (Å²) in [7, 11) is 1.92. The third kappa shape index (κ3) is 8.61. The number of thioether (sulfide) groups is 1. The van der Waals surface area contributed by atoms with E-state index < -0.39 is 34.0 Å². The zero-order valence-corrected chi connectivity index (χ0v) is 33.9. The summed E-state index contributed by atoms with van der Waals surface area (Å²) >= 11 is 0.756. The fraction of sp³-hybridized carbons (Fsp3) is 0.568. The fourth-order valence-corrected chi connectivity index (χ4v) is 9.87. The molecule has 57 heavy (non-hydrogen) atoms. The van der Waals surface area contributed by atoms with Crippen molar-refractivity contribution in [2.45, 2.75) is 68.1 Å². The van der Waals surface area contributed by atoms with Crippen molar-refractivity contribution in [3.8, 4) is 11.3 Å². The molecule has 3 aliphatic rings. The largest absolute Gasteiger partial charge is 0.417 e. The van der Waals surface area contributed by atoms with Gasteiger partial charge in [-0.3, -0.25) is 18.6 Å². The molecule has 1 aromatic carbocycles. The molecule has 310 valence electrons. The predicted octanol–water partition coefficient (Wildman–Crippen LogP) is 2.38. The maximum atomic E-state index is 14.2. The zero-order valence-electron chi connectivity index (χ0n) is 32.3. The van der Waals surface area contributed by atoms with Crippen LogP contribution in [0.1, 0.15) is 42.1 Å². The molecule has 2 fully saturated rings. The van der Waals surface area contributed by atoms with Crippen LogP contribution in [-0.2, 0) is 47.6 Å². The van der Waals surface area contributed by atoms with Gasteiger partial charge in [0, 0.05) is 101 Å². The van der Waals surface area contributed by atoms with E-state index in [4.69, 9.17) is 10.1 Å². The molecule has 3 aliphatic heterocycles. The van der Waals surface area contributed by atoms with Crippen LogP contribution >= 0.6 is 11.8 Å². The minimum atomic E-state index is -4.70. The van der Waals surface area contributed by atoms with Gasteiger partial charge in [-0.05, 0) is 43.5 Å². The van der Waals surface area contributed by atoms with E-state index in [1.807, 2.05) is 31.1 Å². The Morgan fingerprint density at radius 1 is 1.07 bits per heavy atom. The maximum absolute atomic E-state index is 14.2. The number of imidazole rings is 1. The molecule has 2 atom stereocenters. The third-order valence-electron chi connectivity index (χ3n) is 11.2. The van der Waals surface area contributed by atoms with Crippen molar-refractivity contribution in [1.29, 1.82) is 0 Å². The van der Waals surface area contributed by atoms with Crippen molar-refractivity contribution in [3.05, 3.63) is 57.6 Å². The summed E-state index contributed by atoms with van der Waals surface area (Å²) in [6.45, 7) is 2.23. The number of piperidine rings is 1. The molecule has 0 aliphatic carbocycles. The van der Waals surface area contributed by atoms with E-state index in [-0.39, 0.29) is 60.9 Å². The van der Waals surface area contributed by atoms with Gasteiger partial charge >= 0.3 is 11.9 Å². The number of sulfonamides is 1. The molecule has 1 unspecified atom stereocenters.